The zero-order valence-electron chi connectivity index (χ0n) is 85.7. The van der Waals surface area contributed by atoms with Crippen molar-refractivity contribution in [1.82, 2.24) is 100 Å². The van der Waals surface area contributed by atoms with Gasteiger partial charge < -0.3 is 41.5 Å². The van der Waals surface area contributed by atoms with E-state index in [2.05, 4.69) is 91.4 Å². The smallest absolute Gasteiger partial charge is 0.416 e. The number of alkyl halides is 3. The van der Waals surface area contributed by atoms with E-state index in [1.807, 2.05) is 233 Å². The molecular weight excluding hydrogens is 1900 g/mol. The van der Waals surface area contributed by atoms with Crippen LogP contribution in [0.15, 0.2) is 238 Å². The molecule has 0 spiro atoms. The van der Waals surface area contributed by atoms with Crippen molar-refractivity contribution in [2.45, 2.75) is 223 Å². The Morgan fingerprint density at radius 3 is 0.876 bits per heavy atom. The highest BCUT2D eigenvalue weighted by Crippen LogP contribution is 2.37. The number of amides is 5. The molecule has 0 aliphatic rings. The molecule has 15 rings (SSSR count). The van der Waals surface area contributed by atoms with Crippen LogP contribution in [0.1, 0.15) is 263 Å². The van der Waals surface area contributed by atoms with E-state index in [1.54, 1.807) is 125 Å². The normalized spacial score (nSPS) is 11.8. The summed E-state index contributed by atoms with van der Waals surface area (Å²) in [5, 5.41) is 76.5. The van der Waals surface area contributed by atoms with E-state index in [4.69, 9.17) is 27.9 Å². The fraction of sp³-hybridized carbons (Fsp3) is 0.318. The molecular formula is C110H123Cl2F5N20O8. The lowest BCUT2D eigenvalue weighted by molar-refractivity contribution is -0.137. The fourth-order valence-corrected chi connectivity index (χ4v) is 15.1. The van der Waals surface area contributed by atoms with E-state index < -0.39 is 40.1 Å². The standard InChI is InChI=1S/C23H25F3N4O.C23H28N4O2.C22H25ClN4O2.C22H24F2N4O.C20H21ClN4O2/c1-14(2)20-29-27-13-30(20)19-11-16(10-17(12-19)21(31)28-22(3,4)5)15-6-8-18(9-7-15)23(24,25)26;1-15(2)21-26-24-14-27(21)19-12-17(16-7-9-20(29-6)10-8-16)11-18(13-19)22(28)25-23(3,4)5;1-21(2,3)25-19(28)16-10-15(14-6-8-17(23)9-7-14)11-18(12-16)27-13-24-26-20(27)22(4,5)29;1-13(2)20-27-25-12-28(20)17-9-15(14-6-7-18(23)19(24)11-14)8-16(10-17)21(29)26-22(3,4)5;1-20(2,3)23-19(27)15-8-14(13-4-6-16(21)7-5-13)9-17(10-15)25-12-22-24-18(25)11-26/h6-14H,1-5H3,(H,28,31);7-15H,1-6H3,(H,25,28);6-13,29H,1-5H3,(H,25,28);6-13H,1-5H3,(H,26,29);4-10,12,26H,11H2,1-3H3,(H,23,27). The Labute approximate surface area is 851 Å². The maximum Gasteiger partial charge on any atom is 0.416 e. The summed E-state index contributed by atoms with van der Waals surface area (Å²) in [7, 11) is 1.64. The Morgan fingerprint density at radius 1 is 0.331 bits per heavy atom. The van der Waals surface area contributed by atoms with Crippen molar-refractivity contribution in [3.05, 3.63) is 322 Å². The van der Waals surface area contributed by atoms with Crippen LogP contribution >= 0.6 is 23.2 Å². The molecule has 0 bridgehead atoms. The monoisotopic (exact) mass is 2020 g/mol. The molecule has 0 fully saturated rings. The van der Waals surface area contributed by atoms with Gasteiger partial charge in [0.25, 0.3) is 29.5 Å². The summed E-state index contributed by atoms with van der Waals surface area (Å²) in [5.41, 5.74) is 9.80. The lowest BCUT2D eigenvalue weighted by atomic mass is 9.99. The van der Waals surface area contributed by atoms with Gasteiger partial charge in [0.2, 0.25) is 0 Å². The summed E-state index contributed by atoms with van der Waals surface area (Å²) >= 11 is 12.0. The van der Waals surface area contributed by atoms with Crippen molar-refractivity contribution in [1.29, 1.82) is 0 Å². The fourth-order valence-electron chi connectivity index (χ4n) is 14.8. The maximum atomic E-state index is 13.8. The van der Waals surface area contributed by atoms with E-state index in [-0.39, 0.29) is 70.5 Å². The summed E-state index contributed by atoms with van der Waals surface area (Å²) in [6, 6.07) is 58.4. The van der Waals surface area contributed by atoms with Crippen LogP contribution < -0.4 is 31.3 Å². The van der Waals surface area contributed by atoms with E-state index >= 15 is 0 Å². The Morgan fingerprint density at radius 2 is 0.593 bits per heavy atom. The number of carbonyl (C=O) groups is 5. The number of ether oxygens (including phenoxy) is 1. The largest absolute Gasteiger partial charge is 0.497 e. The van der Waals surface area contributed by atoms with Crippen molar-refractivity contribution >= 4 is 52.7 Å². The van der Waals surface area contributed by atoms with Crippen LogP contribution in [0.2, 0.25) is 10.0 Å². The molecule has 5 aromatic heterocycles. The highest BCUT2D eigenvalue weighted by atomic mass is 35.5. The second kappa shape index (κ2) is 45.9. The molecule has 0 aliphatic carbocycles. The van der Waals surface area contributed by atoms with Gasteiger partial charge in [0.05, 0.1) is 12.7 Å². The van der Waals surface area contributed by atoms with E-state index in [0.717, 1.165) is 80.7 Å². The van der Waals surface area contributed by atoms with E-state index in [1.165, 1.54) is 30.9 Å². The number of aliphatic hydroxyl groups is 2. The van der Waals surface area contributed by atoms with Gasteiger partial charge >= 0.3 is 6.18 Å². The predicted octanol–water partition coefficient (Wildman–Crippen LogP) is 23.0. The van der Waals surface area contributed by atoms with Crippen LogP contribution in [0.4, 0.5) is 22.0 Å². The quantitative estimate of drug-likeness (QED) is 0.0329. The Bertz CT molecular complexity index is 7070. The molecule has 10 aromatic carbocycles. The summed E-state index contributed by atoms with van der Waals surface area (Å²) in [5.74, 6) is 1.37. The molecule has 5 amide bonds. The number of rotatable bonds is 21. The lowest BCUT2D eigenvalue weighted by Gasteiger charge is -2.22. The molecule has 0 saturated carbocycles. The number of aromatic nitrogens is 15. The molecule has 28 nitrogen and oxygen atoms in total. The summed E-state index contributed by atoms with van der Waals surface area (Å²) in [6.07, 6.45) is 3.45. The molecule has 35 heteroatoms. The SMILES string of the molecule is CC(C)(C)NC(=O)c1cc(-c2ccc(Cl)cc2)cc(-n2cnnc2C(C)(C)O)c1.CC(C)(C)NC(=O)c1cc(-c2ccc(Cl)cc2)cc(-n2cnnc2CO)c1.CC(C)c1nncn1-c1cc(C(=O)NC(C)(C)C)cc(-c2ccc(C(F)(F)F)cc2)c1.CC(C)c1nncn1-c1cc(C(=O)NC(C)(C)C)cc(-c2ccc(F)c(F)c2)c1.COc1ccc(-c2cc(C(=O)NC(C)(C)C)cc(-n3cnnc3C(C)C)c2)cc1. The van der Waals surface area contributed by atoms with Gasteiger partial charge in [-0.1, -0.05) is 119 Å². The Hall–Kier alpha value is -14.8. The van der Waals surface area contributed by atoms with Gasteiger partial charge in [-0.2, -0.15) is 13.2 Å². The van der Waals surface area contributed by atoms with E-state index in [0.29, 0.717) is 100 Å². The maximum absolute atomic E-state index is 13.8. The molecule has 5 heterocycles. The molecule has 0 radical (unpaired) electrons. The zero-order valence-corrected chi connectivity index (χ0v) is 87.2. The second-order valence-corrected chi connectivity index (χ2v) is 42.2. The van der Waals surface area contributed by atoms with Gasteiger partial charge in [0.1, 0.15) is 67.1 Å². The minimum absolute atomic E-state index is 0.0871. The first-order chi connectivity index (χ1) is 67.8. The number of hydrogen-bond acceptors (Lipinski definition) is 18. The first kappa shape index (κ1) is 111. The summed E-state index contributed by atoms with van der Waals surface area (Å²) < 4.78 is 80.2. The molecule has 7 N–H and O–H groups in total. The minimum Gasteiger partial charge on any atom is -0.497 e. The third kappa shape index (κ3) is 30.6. The van der Waals surface area contributed by atoms with Crippen LogP contribution in [0.5, 0.6) is 5.75 Å². The van der Waals surface area contributed by atoms with Gasteiger partial charge in [0.15, 0.2) is 23.3 Å². The molecule has 0 saturated heterocycles. The van der Waals surface area contributed by atoms with Crippen LogP contribution in [0.25, 0.3) is 84.1 Å². The number of aliphatic hydroxyl groups excluding tert-OH is 1. The zero-order chi connectivity index (χ0) is 107. The Kier molecular flexibility index (Phi) is 35.0. The average Bonchev–Trinajstić information content (AvgIpc) is 1.78. The lowest BCUT2D eigenvalue weighted by Crippen LogP contribution is -2.40. The van der Waals surface area contributed by atoms with E-state index in [9.17, 15) is 56.1 Å². The van der Waals surface area contributed by atoms with Crippen LogP contribution in [0, 0.1) is 11.6 Å². The highest BCUT2D eigenvalue weighted by Gasteiger charge is 2.32. The number of carbonyl (C=O) groups excluding carboxylic acids is 5. The number of halogens is 7. The number of hydrogen-bond donors (Lipinski definition) is 7. The van der Waals surface area contributed by atoms with Crippen molar-refractivity contribution < 1.29 is 60.9 Å². The first-order valence-electron chi connectivity index (χ1n) is 46.8. The highest BCUT2D eigenvalue weighted by molar-refractivity contribution is 6.31. The minimum atomic E-state index is -4.41. The Balaban J connectivity index is 0.000000173. The second-order valence-electron chi connectivity index (χ2n) is 41.3. The topological polar surface area (TPSA) is 349 Å². The average molecular weight is 2020 g/mol. The molecule has 145 heavy (non-hydrogen) atoms. The van der Waals surface area contributed by atoms with Gasteiger partial charge in [-0.15, -0.1) is 51.0 Å². The van der Waals surface area contributed by atoms with Gasteiger partial charge in [-0.3, -0.25) is 46.8 Å². The number of benzene rings is 10. The van der Waals surface area contributed by atoms with Gasteiger partial charge in [-0.05, 0) is 325 Å². The van der Waals surface area contributed by atoms with Gasteiger partial charge in [0, 0.05) is 112 Å². The summed E-state index contributed by atoms with van der Waals surface area (Å²) in [6.45, 7) is 43.9. The molecule has 760 valence electrons. The van der Waals surface area contributed by atoms with Crippen molar-refractivity contribution in [2.75, 3.05) is 7.11 Å². The molecule has 0 unspecified atom stereocenters. The molecule has 0 atom stereocenters. The predicted molar refractivity (Wildman–Crippen MR) is 555 cm³/mol. The number of nitrogens with zero attached hydrogens (tertiary/aromatic N) is 15. The van der Waals surface area contributed by atoms with Crippen LogP contribution in [-0.2, 0) is 18.4 Å². The van der Waals surface area contributed by atoms with Gasteiger partial charge in [-0.25, -0.2) is 8.78 Å². The van der Waals surface area contributed by atoms with Crippen molar-refractivity contribution in [3.8, 4) is 89.8 Å². The van der Waals surface area contributed by atoms with Crippen LogP contribution in [0.3, 0.4) is 0 Å². The third-order valence-electron chi connectivity index (χ3n) is 21.4. The van der Waals surface area contributed by atoms with Crippen molar-refractivity contribution in [3.63, 3.8) is 0 Å². The summed E-state index contributed by atoms with van der Waals surface area (Å²) in [4.78, 5) is 64.2. The first-order valence-corrected chi connectivity index (χ1v) is 47.6. The number of methoxy groups -OCH3 is 1. The van der Waals surface area contributed by atoms with Crippen molar-refractivity contribution in [2.24, 2.45) is 0 Å². The number of nitrogens with one attached hydrogen (secondary N) is 5. The van der Waals surface area contributed by atoms with Crippen LogP contribution in [-0.4, -0.2) is 148 Å². The third-order valence-corrected chi connectivity index (χ3v) is 21.9. The molecule has 15 aromatic rings. The molecule has 0 aliphatic heterocycles.